The molecule has 0 unspecified atom stereocenters. The molecule has 1 aromatic heterocycles. The summed E-state index contributed by atoms with van der Waals surface area (Å²) in [7, 11) is 1.52. The van der Waals surface area contributed by atoms with Crippen LogP contribution in [0.15, 0.2) is 5.38 Å². The highest BCUT2D eigenvalue weighted by molar-refractivity contribution is 7.10. The molecule has 0 saturated carbocycles. The molecular weight excluding hydrogens is 238 g/mol. The number of carboxylic acids is 1. The van der Waals surface area contributed by atoms with Gasteiger partial charge in [-0.05, 0) is 33.3 Å². The Morgan fingerprint density at radius 1 is 1.35 bits per heavy atom. The summed E-state index contributed by atoms with van der Waals surface area (Å²) in [6.45, 7) is 6.85. The molecule has 0 aromatic carbocycles. The first-order valence-corrected chi connectivity index (χ1v) is 6.13. The normalized spacial score (nSPS) is 11.4. The van der Waals surface area contributed by atoms with E-state index in [0.717, 1.165) is 10.4 Å². The molecule has 1 heterocycles. The molecule has 94 valence electrons. The molecule has 1 amide bonds. The monoisotopic (exact) mass is 255 g/mol. The lowest BCUT2D eigenvalue weighted by atomic mass is 10.0. The summed E-state index contributed by atoms with van der Waals surface area (Å²) in [5.41, 5.74) is 0.302. The molecule has 0 aliphatic heterocycles. The molecule has 1 aromatic rings. The van der Waals surface area contributed by atoms with Crippen molar-refractivity contribution >= 4 is 23.2 Å². The highest BCUT2D eigenvalue weighted by atomic mass is 32.1. The van der Waals surface area contributed by atoms with Gasteiger partial charge in [0.2, 0.25) is 0 Å². The van der Waals surface area contributed by atoms with Crippen molar-refractivity contribution in [2.45, 2.75) is 33.2 Å². The molecule has 0 fully saturated rings. The summed E-state index contributed by atoms with van der Waals surface area (Å²) in [4.78, 5) is 25.6. The zero-order valence-electron chi connectivity index (χ0n) is 10.7. The molecule has 0 saturated heterocycles. The number of aliphatic carboxylic acids is 1. The third-order valence-corrected chi connectivity index (χ3v) is 4.20. The Labute approximate surface area is 105 Å². The van der Waals surface area contributed by atoms with Crippen molar-refractivity contribution in [2.75, 3.05) is 7.05 Å². The Hall–Kier alpha value is -1.36. The van der Waals surface area contributed by atoms with Gasteiger partial charge in [-0.25, -0.2) is 4.79 Å². The van der Waals surface area contributed by atoms with Gasteiger partial charge in [0.15, 0.2) is 0 Å². The topological polar surface area (TPSA) is 57.6 Å². The van der Waals surface area contributed by atoms with E-state index in [0.29, 0.717) is 5.56 Å². The van der Waals surface area contributed by atoms with Crippen LogP contribution in [0.2, 0.25) is 0 Å². The Morgan fingerprint density at radius 3 is 2.24 bits per heavy atom. The molecule has 0 bridgehead atoms. The molecule has 4 nitrogen and oxygen atoms in total. The van der Waals surface area contributed by atoms with Gasteiger partial charge in [0.25, 0.3) is 5.91 Å². The lowest BCUT2D eigenvalue weighted by molar-refractivity contribution is -0.147. The van der Waals surface area contributed by atoms with E-state index in [1.807, 2.05) is 13.8 Å². The van der Waals surface area contributed by atoms with Gasteiger partial charge in [0.05, 0.1) is 5.56 Å². The zero-order chi connectivity index (χ0) is 13.4. The lowest BCUT2D eigenvalue weighted by Crippen LogP contribution is -2.50. The lowest BCUT2D eigenvalue weighted by Gasteiger charge is -2.31. The first-order valence-electron chi connectivity index (χ1n) is 5.25. The summed E-state index contributed by atoms with van der Waals surface area (Å²) < 4.78 is 0. The third kappa shape index (κ3) is 2.34. The number of carboxylic acid groups (broad SMARTS) is 1. The van der Waals surface area contributed by atoms with Gasteiger partial charge < -0.3 is 10.0 Å². The minimum atomic E-state index is -1.21. The van der Waals surface area contributed by atoms with Crippen LogP contribution in [-0.4, -0.2) is 34.5 Å². The maximum atomic E-state index is 12.2. The van der Waals surface area contributed by atoms with Crippen LogP contribution in [-0.2, 0) is 4.79 Å². The van der Waals surface area contributed by atoms with Gasteiger partial charge in [-0.1, -0.05) is 0 Å². The number of hydrogen-bond acceptors (Lipinski definition) is 3. The Bertz CT molecular complexity index is 462. The van der Waals surface area contributed by atoms with Crippen molar-refractivity contribution in [3.05, 3.63) is 21.4 Å². The SMILES string of the molecule is Cc1scc(C(=O)N(C)C(C)(C)C(=O)O)c1C. The van der Waals surface area contributed by atoms with Gasteiger partial charge in [-0.3, -0.25) is 4.79 Å². The van der Waals surface area contributed by atoms with Gasteiger partial charge in [-0.2, -0.15) is 0 Å². The van der Waals surface area contributed by atoms with E-state index in [2.05, 4.69) is 0 Å². The average Bonchev–Trinajstić information content (AvgIpc) is 2.57. The minimum absolute atomic E-state index is 0.251. The highest BCUT2D eigenvalue weighted by Crippen LogP contribution is 2.24. The van der Waals surface area contributed by atoms with E-state index < -0.39 is 11.5 Å². The van der Waals surface area contributed by atoms with Crippen LogP contribution in [0.5, 0.6) is 0 Å². The Balaban J connectivity index is 3.07. The number of hydrogen-bond donors (Lipinski definition) is 1. The van der Waals surface area contributed by atoms with E-state index >= 15 is 0 Å². The van der Waals surface area contributed by atoms with Gasteiger partial charge >= 0.3 is 5.97 Å². The van der Waals surface area contributed by atoms with Crippen LogP contribution in [0.3, 0.4) is 0 Å². The second-order valence-electron chi connectivity index (χ2n) is 4.56. The molecule has 0 aliphatic rings. The summed E-state index contributed by atoms with van der Waals surface area (Å²) in [6.07, 6.45) is 0. The number of thiophene rings is 1. The summed E-state index contributed by atoms with van der Waals surface area (Å²) in [5, 5.41) is 10.9. The van der Waals surface area contributed by atoms with E-state index in [1.165, 1.54) is 37.1 Å². The van der Waals surface area contributed by atoms with Crippen LogP contribution in [0, 0.1) is 13.8 Å². The van der Waals surface area contributed by atoms with Crippen molar-refractivity contribution < 1.29 is 14.7 Å². The summed E-state index contributed by atoms with van der Waals surface area (Å²) >= 11 is 1.50. The first kappa shape index (κ1) is 13.7. The summed E-state index contributed by atoms with van der Waals surface area (Å²) in [5.74, 6) is -1.27. The van der Waals surface area contributed by atoms with Crippen molar-refractivity contribution in [1.29, 1.82) is 0 Å². The predicted octanol–water partition coefficient (Wildman–Crippen LogP) is 2.30. The molecule has 0 spiro atoms. The zero-order valence-corrected chi connectivity index (χ0v) is 11.5. The Kier molecular flexibility index (Phi) is 3.62. The number of likely N-dealkylation sites (N-methyl/N-ethyl adjacent to an activating group) is 1. The summed E-state index contributed by atoms with van der Waals surface area (Å²) in [6, 6.07) is 0. The number of carbonyl (C=O) groups excluding carboxylic acids is 1. The molecule has 5 heteroatoms. The molecule has 1 rings (SSSR count). The fourth-order valence-electron chi connectivity index (χ4n) is 1.30. The van der Waals surface area contributed by atoms with E-state index in [1.54, 1.807) is 5.38 Å². The molecule has 17 heavy (non-hydrogen) atoms. The van der Waals surface area contributed by atoms with Gasteiger partial charge in [0, 0.05) is 17.3 Å². The van der Waals surface area contributed by atoms with Crippen LogP contribution in [0.25, 0.3) is 0 Å². The third-order valence-electron chi connectivity index (χ3n) is 3.18. The number of amides is 1. The Morgan fingerprint density at radius 2 is 1.88 bits per heavy atom. The smallest absolute Gasteiger partial charge is 0.329 e. The number of carbonyl (C=O) groups is 2. The average molecular weight is 255 g/mol. The van der Waals surface area contributed by atoms with Crippen molar-refractivity contribution in [3.63, 3.8) is 0 Å². The van der Waals surface area contributed by atoms with Crippen LogP contribution in [0.1, 0.15) is 34.6 Å². The van der Waals surface area contributed by atoms with E-state index in [-0.39, 0.29) is 5.91 Å². The van der Waals surface area contributed by atoms with E-state index in [9.17, 15) is 9.59 Å². The highest BCUT2D eigenvalue weighted by Gasteiger charge is 2.36. The first-order chi connectivity index (χ1) is 7.69. The van der Waals surface area contributed by atoms with Gasteiger partial charge in [-0.15, -0.1) is 11.3 Å². The van der Waals surface area contributed by atoms with Crippen LogP contribution >= 0.6 is 11.3 Å². The fourth-order valence-corrected chi connectivity index (χ4v) is 2.16. The fraction of sp³-hybridized carbons (Fsp3) is 0.500. The maximum Gasteiger partial charge on any atom is 0.329 e. The maximum absolute atomic E-state index is 12.2. The van der Waals surface area contributed by atoms with Crippen molar-refractivity contribution in [3.8, 4) is 0 Å². The van der Waals surface area contributed by atoms with Crippen molar-refractivity contribution in [1.82, 2.24) is 4.90 Å². The largest absolute Gasteiger partial charge is 0.480 e. The second kappa shape index (κ2) is 4.49. The number of nitrogens with zero attached hydrogens (tertiary/aromatic N) is 1. The molecule has 1 N–H and O–H groups in total. The second-order valence-corrected chi connectivity index (χ2v) is 5.64. The molecule has 0 aliphatic carbocycles. The van der Waals surface area contributed by atoms with Crippen molar-refractivity contribution in [2.24, 2.45) is 0 Å². The van der Waals surface area contributed by atoms with E-state index in [4.69, 9.17) is 5.11 Å². The number of aryl methyl sites for hydroxylation is 1. The van der Waals surface area contributed by atoms with Crippen LogP contribution < -0.4 is 0 Å². The molecular formula is C12H17NO3S. The number of rotatable bonds is 3. The molecule has 0 atom stereocenters. The predicted molar refractivity (Wildman–Crippen MR) is 67.6 cm³/mol. The van der Waals surface area contributed by atoms with Gasteiger partial charge in [0.1, 0.15) is 5.54 Å². The van der Waals surface area contributed by atoms with Crippen LogP contribution in [0.4, 0.5) is 0 Å². The quantitative estimate of drug-likeness (QED) is 0.901. The minimum Gasteiger partial charge on any atom is -0.480 e. The standard InChI is InChI=1S/C12H17NO3S/c1-7-8(2)17-6-9(7)10(14)13(5)12(3,4)11(15)16/h6H,1-5H3,(H,15,16). The molecule has 0 radical (unpaired) electrons.